The molecule has 6 nitrogen and oxygen atoms in total. The van der Waals surface area contributed by atoms with Crippen molar-refractivity contribution in [2.45, 2.75) is 0 Å². The molecular formula is C12H16N4O2. The predicted molar refractivity (Wildman–Crippen MR) is 69.8 cm³/mol. The summed E-state index contributed by atoms with van der Waals surface area (Å²) < 4.78 is 0. The van der Waals surface area contributed by atoms with Crippen LogP contribution < -0.4 is 0 Å². The number of nitrogens with zero attached hydrogens (tertiary/aromatic N) is 4. The fourth-order valence-electron chi connectivity index (χ4n) is 1.74. The van der Waals surface area contributed by atoms with E-state index in [1.54, 1.807) is 18.3 Å². The lowest BCUT2D eigenvalue weighted by atomic mass is 10.2. The van der Waals surface area contributed by atoms with Gasteiger partial charge in [-0.3, -0.25) is 15.1 Å². The monoisotopic (exact) mass is 248 g/mol. The van der Waals surface area contributed by atoms with Crippen LogP contribution in [0.3, 0.4) is 0 Å². The van der Waals surface area contributed by atoms with E-state index in [0.717, 1.165) is 31.7 Å². The van der Waals surface area contributed by atoms with Crippen molar-refractivity contribution in [2.24, 2.45) is 5.10 Å². The van der Waals surface area contributed by atoms with Crippen LogP contribution in [0.25, 0.3) is 0 Å². The Labute approximate surface area is 106 Å². The SMILES string of the molecule is CN1CCN(/N=C\c2ccc([N+](=O)[O-])cc2)CC1. The van der Waals surface area contributed by atoms with E-state index < -0.39 is 4.92 Å². The molecule has 0 atom stereocenters. The van der Waals surface area contributed by atoms with Crippen LogP contribution in [0.15, 0.2) is 29.4 Å². The van der Waals surface area contributed by atoms with Gasteiger partial charge in [0.1, 0.15) is 0 Å². The Kier molecular flexibility index (Phi) is 3.88. The number of hydrogen-bond acceptors (Lipinski definition) is 5. The first kappa shape index (κ1) is 12.5. The number of rotatable bonds is 3. The molecule has 0 spiro atoms. The number of hydrazone groups is 1. The highest BCUT2D eigenvalue weighted by atomic mass is 16.6. The summed E-state index contributed by atoms with van der Waals surface area (Å²) in [7, 11) is 2.09. The summed E-state index contributed by atoms with van der Waals surface area (Å²) in [6.07, 6.45) is 1.75. The number of nitro benzene ring substituents is 1. The molecule has 2 rings (SSSR count). The summed E-state index contributed by atoms with van der Waals surface area (Å²) in [6.45, 7) is 3.86. The van der Waals surface area contributed by atoms with Crippen LogP contribution in [0.1, 0.15) is 5.56 Å². The van der Waals surface area contributed by atoms with Crippen molar-refractivity contribution in [1.82, 2.24) is 9.91 Å². The van der Waals surface area contributed by atoms with E-state index in [9.17, 15) is 10.1 Å². The third kappa shape index (κ3) is 3.27. The molecule has 1 aromatic rings. The highest BCUT2D eigenvalue weighted by Gasteiger charge is 2.10. The molecule has 1 heterocycles. The van der Waals surface area contributed by atoms with E-state index in [1.807, 2.05) is 5.01 Å². The first-order chi connectivity index (χ1) is 8.65. The lowest BCUT2D eigenvalue weighted by molar-refractivity contribution is -0.384. The number of benzene rings is 1. The molecule has 1 aliphatic heterocycles. The zero-order chi connectivity index (χ0) is 13.0. The summed E-state index contributed by atoms with van der Waals surface area (Å²) in [5.41, 5.74) is 0.978. The van der Waals surface area contributed by atoms with Crippen LogP contribution >= 0.6 is 0 Å². The summed E-state index contributed by atoms with van der Waals surface area (Å²) in [6, 6.07) is 6.39. The van der Waals surface area contributed by atoms with E-state index >= 15 is 0 Å². The van der Waals surface area contributed by atoms with E-state index in [2.05, 4.69) is 17.0 Å². The molecule has 0 unspecified atom stereocenters. The molecule has 0 N–H and O–H groups in total. The van der Waals surface area contributed by atoms with Crippen LogP contribution in [-0.2, 0) is 0 Å². The van der Waals surface area contributed by atoms with Gasteiger partial charge >= 0.3 is 0 Å². The van der Waals surface area contributed by atoms with Crippen molar-refractivity contribution in [3.8, 4) is 0 Å². The normalized spacial score (nSPS) is 17.3. The summed E-state index contributed by atoms with van der Waals surface area (Å²) in [5, 5.41) is 16.9. The number of piperazine rings is 1. The van der Waals surface area contributed by atoms with Gasteiger partial charge in [0.15, 0.2) is 0 Å². The molecular weight excluding hydrogens is 232 g/mol. The third-order valence-electron chi connectivity index (χ3n) is 2.95. The smallest absolute Gasteiger partial charge is 0.269 e. The van der Waals surface area contributed by atoms with Crippen molar-refractivity contribution in [1.29, 1.82) is 0 Å². The summed E-state index contributed by atoms with van der Waals surface area (Å²) in [4.78, 5) is 12.4. The van der Waals surface area contributed by atoms with Gasteiger partial charge in [-0.25, -0.2) is 0 Å². The molecule has 1 fully saturated rings. The lowest BCUT2D eigenvalue weighted by Gasteiger charge is -2.30. The minimum Gasteiger partial charge on any atom is -0.303 e. The van der Waals surface area contributed by atoms with E-state index in [4.69, 9.17) is 0 Å². The second-order valence-electron chi connectivity index (χ2n) is 4.35. The van der Waals surface area contributed by atoms with Crippen molar-refractivity contribution >= 4 is 11.9 Å². The van der Waals surface area contributed by atoms with Crippen molar-refractivity contribution in [3.63, 3.8) is 0 Å². The van der Waals surface area contributed by atoms with E-state index in [1.165, 1.54) is 12.1 Å². The Morgan fingerprint density at radius 1 is 1.22 bits per heavy atom. The summed E-state index contributed by atoms with van der Waals surface area (Å²) >= 11 is 0. The molecule has 1 aliphatic rings. The van der Waals surface area contributed by atoms with Crippen LogP contribution in [-0.4, -0.2) is 54.3 Å². The van der Waals surface area contributed by atoms with Crippen molar-refractivity contribution in [3.05, 3.63) is 39.9 Å². The Balaban J connectivity index is 1.94. The van der Waals surface area contributed by atoms with E-state index in [-0.39, 0.29) is 5.69 Å². The average molecular weight is 248 g/mol. The number of likely N-dealkylation sites (N-methyl/N-ethyl adjacent to an activating group) is 1. The maximum atomic E-state index is 10.5. The first-order valence-corrected chi connectivity index (χ1v) is 5.87. The van der Waals surface area contributed by atoms with Gasteiger partial charge in [-0.1, -0.05) is 0 Å². The first-order valence-electron chi connectivity index (χ1n) is 5.87. The topological polar surface area (TPSA) is 62.0 Å². The molecule has 96 valence electrons. The molecule has 1 aromatic carbocycles. The Bertz CT molecular complexity index is 436. The highest BCUT2D eigenvalue weighted by molar-refractivity contribution is 5.79. The zero-order valence-electron chi connectivity index (χ0n) is 10.3. The molecule has 6 heteroatoms. The Hall–Kier alpha value is -1.95. The van der Waals surface area contributed by atoms with Crippen LogP contribution in [0, 0.1) is 10.1 Å². The molecule has 0 saturated carbocycles. The minimum absolute atomic E-state index is 0.103. The predicted octanol–water partition coefficient (Wildman–Crippen LogP) is 1.18. The number of nitro groups is 1. The van der Waals surface area contributed by atoms with Crippen LogP contribution in [0.5, 0.6) is 0 Å². The van der Waals surface area contributed by atoms with Gasteiger partial charge in [-0.05, 0) is 24.7 Å². The number of hydrogen-bond donors (Lipinski definition) is 0. The second-order valence-corrected chi connectivity index (χ2v) is 4.35. The second kappa shape index (κ2) is 5.59. The fourth-order valence-corrected chi connectivity index (χ4v) is 1.74. The van der Waals surface area contributed by atoms with Crippen molar-refractivity contribution in [2.75, 3.05) is 33.2 Å². The molecule has 0 aromatic heterocycles. The quantitative estimate of drug-likeness (QED) is 0.458. The van der Waals surface area contributed by atoms with Gasteiger partial charge < -0.3 is 4.90 Å². The maximum Gasteiger partial charge on any atom is 0.269 e. The highest BCUT2D eigenvalue weighted by Crippen LogP contribution is 2.10. The van der Waals surface area contributed by atoms with Crippen LogP contribution in [0.4, 0.5) is 5.69 Å². The van der Waals surface area contributed by atoms with E-state index in [0.29, 0.717) is 0 Å². The molecule has 18 heavy (non-hydrogen) atoms. The average Bonchev–Trinajstić information content (AvgIpc) is 2.38. The third-order valence-corrected chi connectivity index (χ3v) is 2.95. The molecule has 0 amide bonds. The van der Waals surface area contributed by atoms with Crippen LogP contribution in [0.2, 0.25) is 0 Å². The fraction of sp³-hybridized carbons (Fsp3) is 0.417. The zero-order valence-corrected chi connectivity index (χ0v) is 10.3. The lowest BCUT2D eigenvalue weighted by Crippen LogP contribution is -2.41. The standard InChI is InChI=1S/C12H16N4O2/c1-14-6-8-15(9-7-14)13-10-11-2-4-12(5-3-11)16(17)18/h2-5,10H,6-9H2,1H3/b13-10-. The number of non-ortho nitro benzene ring substituents is 1. The Morgan fingerprint density at radius 2 is 1.83 bits per heavy atom. The van der Waals surface area contributed by atoms with Crippen molar-refractivity contribution < 1.29 is 4.92 Å². The molecule has 0 bridgehead atoms. The Morgan fingerprint density at radius 3 is 2.39 bits per heavy atom. The van der Waals surface area contributed by atoms with Gasteiger partial charge in [0, 0.05) is 38.3 Å². The van der Waals surface area contributed by atoms with Gasteiger partial charge in [-0.15, -0.1) is 0 Å². The minimum atomic E-state index is -0.401. The largest absolute Gasteiger partial charge is 0.303 e. The van der Waals surface area contributed by atoms with Gasteiger partial charge in [0.2, 0.25) is 0 Å². The molecule has 0 radical (unpaired) electrons. The maximum absolute atomic E-state index is 10.5. The van der Waals surface area contributed by atoms with Gasteiger partial charge in [-0.2, -0.15) is 5.10 Å². The van der Waals surface area contributed by atoms with Gasteiger partial charge in [0.25, 0.3) is 5.69 Å². The van der Waals surface area contributed by atoms with Gasteiger partial charge in [0.05, 0.1) is 11.1 Å². The summed E-state index contributed by atoms with van der Waals surface area (Å²) in [5.74, 6) is 0. The molecule has 1 saturated heterocycles. The molecule has 0 aliphatic carbocycles.